The molecule has 1 unspecified atom stereocenters. The van der Waals surface area contributed by atoms with Crippen LogP contribution in [0.2, 0.25) is 0 Å². The van der Waals surface area contributed by atoms with Crippen LogP contribution < -0.4 is 4.74 Å². The van der Waals surface area contributed by atoms with Crippen molar-refractivity contribution in [1.82, 2.24) is 4.90 Å². The summed E-state index contributed by atoms with van der Waals surface area (Å²) in [6, 6.07) is 7.70. The van der Waals surface area contributed by atoms with Crippen molar-refractivity contribution in [3.63, 3.8) is 0 Å². The Bertz CT molecular complexity index is 337. The van der Waals surface area contributed by atoms with Gasteiger partial charge in [0.2, 0.25) is 0 Å². The molecule has 0 heterocycles. The summed E-state index contributed by atoms with van der Waals surface area (Å²) < 4.78 is 5.70. The third kappa shape index (κ3) is 4.75. The number of hydrogen-bond donors (Lipinski definition) is 1. The van der Waals surface area contributed by atoms with E-state index in [4.69, 9.17) is 4.74 Å². The van der Waals surface area contributed by atoms with E-state index in [1.807, 2.05) is 52.2 Å². The molecular formula is C14H23NO2. The molecule has 3 nitrogen and oxygen atoms in total. The molecule has 0 fully saturated rings. The largest absolute Gasteiger partial charge is 0.491 e. The van der Waals surface area contributed by atoms with Crippen molar-refractivity contribution >= 4 is 0 Å². The van der Waals surface area contributed by atoms with Gasteiger partial charge in [0.05, 0.1) is 12.2 Å². The van der Waals surface area contributed by atoms with Crippen molar-refractivity contribution in [2.45, 2.75) is 32.5 Å². The van der Waals surface area contributed by atoms with E-state index in [9.17, 15) is 5.11 Å². The van der Waals surface area contributed by atoms with Crippen LogP contribution in [0.1, 0.15) is 31.9 Å². The summed E-state index contributed by atoms with van der Waals surface area (Å²) in [7, 11) is 4.01. The van der Waals surface area contributed by atoms with Crippen LogP contribution in [-0.2, 0) is 0 Å². The first-order valence-corrected chi connectivity index (χ1v) is 6.09. The topological polar surface area (TPSA) is 32.7 Å². The molecule has 3 heteroatoms. The first-order valence-electron chi connectivity index (χ1n) is 6.09. The van der Waals surface area contributed by atoms with Gasteiger partial charge in [0, 0.05) is 12.1 Å². The number of hydrogen-bond acceptors (Lipinski definition) is 3. The lowest BCUT2D eigenvalue weighted by Gasteiger charge is -2.19. The van der Waals surface area contributed by atoms with E-state index in [-0.39, 0.29) is 6.10 Å². The van der Waals surface area contributed by atoms with Gasteiger partial charge < -0.3 is 14.7 Å². The highest BCUT2D eigenvalue weighted by Crippen LogP contribution is 2.27. The van der Waals surface area contributed by atoms with Gasteiger partial charge in [-0.25, -0.2) is 0 Å². The third-order valence-electron chi connectivity index (χ3n) is 2.49. The zero-order chi connectivity index (χ0) is 12.8. The van der Waals surface area contributed by atoms with Crippen molar-refractivity contribution in [3.8, 4) is 5.75 Å². The van der Waals surface area contributed by atoms with E-state index in [2.05, 4.69) is 4.90 Å². The van der Waals surface area contributed by atoms with Gasteiger partial charge in [0.15, 0.2) is 0 Å². The molecule has 0 aliphatic heterocycles. The van der Waals surface area contributed by atoms with Crippen molar-refractivity contribution in [2.24, 2.45) is 0 Å². The lowest BCUT2D eigenvalue weighted by Crippen LogP contribution is -2.16. The summed E-state index contributed by atoms with van der Waals surface area (Å²) in [4.78, 5) is 2.06. The Kier molecular flexibility index (Phi) is 5.45. The van der Waals surface area contributed by atoms with Crippen LogP contribution in [0.5, 0.6) is 5.75 Å². The Morgan fingerprint density at radius 1 is 1.24 bits per heavy atom. The molecule has 0 saturated heterocycles. The second-order valence-corrected chi connectivity index (χ2v) is 4.81. The summed E-state index contributed by atoms with van der Waals surface area (Å²) >= 11 is 0. The molecule has 0 spiro atoms. The second kappa shape index (κ2) is 6.62. The van der Waals surface area contributed by atoms with Crippen LogP contribution in [0.25, 0.3) is 0 Å². The molecule has 1 rings (SSSR count). The molecule has 1 N–H and O–H groups in total. The zero-order valence-corrected chi connectivity index (χ0v) is 11.2. The van der Waals surface area contributed by atoms with Crippen LogP contribution in [-0.4, -0.2) is 36.8 Å². The summed E-state index contributed by atoms with van der Waals surface area (Å²) in [6.07, 6.45) is 0.371. The minimum Gasteiger partial charge on any atom is -0.491 e. The predicted molar refractivity (Wildman–Crippen MR) is 70.3 cm³/mol. The molecule has 17 heavy (non-hydrogen) atoms. The predicted octanol–water partition coefficient (Wildman–Crippen LogP) is 2.46. The van der Waals surface area contributed by atoms with E-state index in [1.54, 1.807) is 0 Å². The summed E-state index contributed by atoms with van der Waals surface area (Å²) in [6.45, 7) is 4.84. The van der Waals surface area contributed by atoms with Crippen molar-refractivity contribution < 1.29 is 9.84 Å². The van der Waals surface area contributed by atoms with E-state index in [0.717, 1.165) is 17.9 Å². The monoisotopic (exact) mass is 237 g/mol. The maximum Gasteiger partial charge on any atom is 0.125 e. The number of benzene rings is 1. The normalized spacial score (nSPS) is 13.1. The number of aliphatic hydroxyl groups excluding tert-OH is 1. The fourth-order valence-electron chi connectivity index (χ4n) is 1.65. The molecule has 0 aromatic heterocycles. The average Bonchev–Trinajstić information content (AvgIpc) is 2.25. The first kappa shape index (κ1) is 14.0. The van der Waals surface area contributed by atoms with Crippen LogP contribution >= 0.6 is 0 Å². The fraction of sp³-hybridized carbons (Fsp3) is 0.571. The van der Waals surface area contributed by atoms with Gasteiger partial charge in [-0.15, -0.1) is 0 Å². The molecule has 0 aliphatic carbocycles. The number of aliphatic hydroxyl groups is 1. The summed E-state index contributed by atoms with van der Waals surface area (Å²) in [5.41, 5.74) is 0.878. The zero-order valence-electron chi connectivity index (χ0n) is 11.2. The Hall–Kier alpha value is -1.06. The Morgan fingerprint density at radius 3 is 2.47 bits per heavy atom. The number of ether oxygens (including phenoxy) is 1. The van der Waals surface area contributed by atoms with E-state index >= 15 is 0 Å². The van der Waals surface area contributed by atoms with Crippen LogP contribution in [0, 0.1) is 0 Å². The van der Waals surface area contributed by atoms with Gasteiger partial charge in [-0.2, -0.15) is 0 Å². The molecule has 0 amide bonds. The standard InChI is InChI=1S/C14H23NO2/c1-11(2)17-14-8-6-5-7-12(14)13(16)9-10-15(3)4/h5-8,11,13,16H,9-10H2,1-4H3. The Morgan fingerprint density at radius 2 is 1.88 bits per heavy atom. The van der Waals surface area contributed by atoms with Crippen LogP contribution in [0.15, 0.2) is 24.3 Å². The van der Waals surface area contributed by atoms with Gasteiger partial charge in [0.25, 0.3) is 0 Å². The third-order valence-corrected chi connectivity index (χ3v) is 2.49. The molecule has 0 aliphatic rings. The van der Waals surface area contributed by atoms with Crippen molar-refractivity contribution in [3.05, 3.63) is 29.8 Å². The lowest BCUT2D eigenvalue weighted by molar-refractivity contribution is 0.145. The average molecular weight is 237 g/mol. The van der Waals surface area contributed by atoms with Gasteiger partial charge in [-0.3, -0.25) is 0 Å². The fourth-order valence-corrected chi connectivity index (χ4v) is 1.65. The van der Waals surface area contributed by atoms with E-state index in [0.29, 0.717) is 6.42 Å². The highest BCUT2D eigenvalue weighted by Gasteiger charge is 2.13. The van der Waals surface area contributed by atoms with E-state index in [1.165, 1.54) is 0 Å². The number of para-hydroxylation sites is 1. The highest BCUT2D eigenvalue weighted by atomic mass is 16.5. The molecule has 0 radical (unpaired) electrons. The molecule has 1 aromatic rings. The molecular weight excluding hydrogens is 214 g/mol. The lowest BCUT2D eigenvalue weighted by atomic mass is 10.1. The minimum atomic E-state index is -0.465. The second-order valence-electron chi connectivity index (χ2n) is 4.81. The summed E-state index contributed by atoms with van der Waals surface area (Å²) in [5, 5.41) is 10.2. The van der Waals surface area contributed by atoms with Gasteiger partial charge in [-0.1, -0.05) is 18.2 Å². The number of nitrogens with zero attached hydrogens (tertiary/aromatic N) is 1. The summed E-state index contributed by atoms with van der Waals surface area (Å²) in [5.74, 6) is 0.786. The smallest absolute Gasteiger partial charge is 0.125 e. The highest BCUT2D eigenvalue weighted by molar-refractivity contribution is 5.35. The van der Waals surface area contributed by atoms with E-state index < -0.39 is 6.10 Å². The van der Waals surface area contributed by atoms with Crippen molar-refractivity contribution in [1.29, 1.82) is 0 Å². The quantitative estimate of drug-likeness (QED) is 0.825. The molecule has 0 bridgehead atoms. The molecule has 0 saturated carbocycles. The van der Waals surface area contributed by atoms with Crippen molar-refractivity contribution in [2.75, 3.05) is 20.6 Å². The first-order chi connectivity index (χ1) is 8.00. The molecule has 96 valence electrons. The maximum atomic E-state index is 10.2. The van der Waals surface area contributed by atoms with Crippen LogP contribution in [0.4, 0.5) is 0 Å². The Balaban J connectivity index is 2.74. The maximum absolute atomic E-state index is 10.2. The number of rotatable bonds is 6. The molecule has 1 atom stereocenters. The Labute approximate surface area is 104 Å². The minimum absolute atomic E-state index is 0.122. The van der Waals surface area contributed by atoms with Crippen LogP contribution in [0.3, 0.4) is 0 Å². The van der Waals surface area contributed by atoms with Gasteiger partial charge in [0.1, 0.15) is 5.75 Å². The SMILES string of the molecule is CC(C)Oc1ccccc1C(O)CCN(C)C. The molecule has 1 aromatic carbocycles. The van der Waals surface area contributed by atoms with Gasteiger partial charge in [-0.05, 0) is 40.4 Å². The van der Waals surface area contributed by atoms with Gasteiger partial charge >= 0.3 is 0 Å².